The third-order valence-electron chi connectivity index (χ3n) is 2.96. The number of hydrogen-bond donors (Lipinski definition) is 1. The van der Waals surface area contributed by atoms with Gasteiger partial charge in [-0.3, -0.25) is 0 Å². The van der Waals surface area contributed by atoms with Gasteiger partial charge >= 0.3 is 0 Å². The summed E-state index contributed by atoms with van der Waals surface area (Å²) in [5.74, 6) is 2.49. The summed E-state index contributed by atoms with van der Waals surface area (Å²) in [6.07, 6.45) is 0. The first kappa shape index (κ1) is 14.3. The SMILES string of the molecule is CCOCC(NC(C)c1ccc(C)o1)C(C)C. The Hall–Kier alpha value is -0.800. The molecule has 0 saturated heterocycles. The molecule has 98 valence electrons. The standard InChI is InChI=1S/C14H25NO2/c1-6-16-9-13(10(2)3)15-12(5)14-8-7-11(4)17-14/h7-8,10,12-13,15H,6,9H2,1-5H3. The van der Waals surface area contributed by atoms with Gasteiger partial charge in [0.15, 0.2) is 0 Å². The van der Waals surface area contributed by atoms with Gasteiger partial charge in [-0.1, -0.05) is 13.8 Å². The lowest BCUT2D eigenvalue weighted by Crippen LogP contribution is -2.39. The number of ether oxygens (including phenoxy) is 1. The molecule has 0 saturated carbocycles. The van der Waals surface area contributed by atoms with Gasteiger partial charge in [-0.2, -0.15) is 0 Å². The highest BCUT2D eigenvalue weighted by atomic mass is 16.5. The summed E-state index contributed by atoms with van der Waals surface area (Å²) in [6, 6.07) is 4.61. The molecule has 1 aromatic rings. The molecule has 1 rings (SSSR count). The zero-order valence-electron chi connectivity index (χ0n) is 11.6. The molecule has 3 nitrogen and oxygen atoms in total. The minimum atomic E-state index is 0.219. The molecule has 1 heterocycles. The Bertz CT molecular complexity index is 320. The van der Waals surface area contributed by atoms with Gasteiger partial charge in [0.25, 0.3) is 0 Å². The van der Waals surface area contributed by atoms with E-state index in [4.69, 9.17) is 9.15 Å². The van der Waals surface area contributed by atoms with E-state index in [1.54, 1.807) is 0 Å². The third-order valence-corrected chi connectivity index (χ3v) is 2.96. The third kappa shape index (κ3) is 4.52. The summed E-state index contributed by atoms with van der Waals surface area (Å²) in [5.41, 5.74) is 0. The predicted molar refractivity (Wildman–Crippen MR) is 70.1 cm³/mol. The average molecular weight is 239 g/mol. The fourth-order valence-corrected chi connectivity index (χ4v) is 1.77. The minimum absolute atomic E-state index is 0.219. The summed E-state index contributed by atoms with van der Waals surface area (Å²) in [7, 11) is 0. The van der Waals surface area contributed by atoms with Crippen molar-refractivity contribution in [3.05, 3.63) is 23.7 Å². The topological polar surface area (TPSA) is 34.4 Å². The van der Waals surface area contributed by atoms with E-state index in [9.17, 15) is 0 Å². The molecule has 0 fully saturated rings. The molecular formula is C14H25NO2. The lowest BCUT2D eigenvalue weighted by molar-refractivity contribution is 0.103. The largest absolute Gasteiger partial charge is 0.465 e. The number of aryl methyl sites for hydroxylation is 1. The highest BCUT2D eigenvalue weighted by Crippen LogP contribution is 2.17. The van der Waals surface area contributed by atoms with Crippen LogP contribution in [0.3, 0.4) is 0 Å². The Labute approximate surface area is 105 Å². The van der Waals surface area contributed by atoms with Gasteiger partial charge in [-0.05, 0) is 38.8 Å². The summed E-state index contributed by atoms with van der Waals surface area (Å²) < 4.78 is 11.1. The molecule has 3 heteroatoms. The van der Waals surface area contributed by atoms with E-state index in [1.807, 2.05) is 26.0 Å². The first-order chi connectivity index (χ1) is 8.04. The maximum atomic E-state index is 5.63. The molecule has 0 radical (unpaired) electrons. The van der Waals surface area contributed by atoms with Gasteiger partial charge in [0.1, 0.15) is 11.5 Å². The Morgan fingerprint density at radius 1 is 1.29 bits per heavy atom. The van der Waals surface area contributed by atoms with E-state index in [1.165, 1.54) is 0 Å². The highest BCUT2D eigenvalue weighted by Gasteiger charge is 2.18. The number of hydrogen-bond acceptors (Lipinski definition) is 3. The van der Waals surface area contributed by atoms with E-state index in [0.29, 0.717) is 12.0 Å². The van der Waals surface area contributed by atoms with Gasteiger partial charge in [0, 0.05) is 12.6 Å². The molecule has 17 heavy (non-hydrogen) atoms. The number of nitrogens with one attached hydrogen (secondary N) is 1. The van der Waals surface area contributed by atoms with Crippen LogP contribution in [0.2, 0.25) is 0 Å². The number of rotatable bonds is 7. The van der Waals surface area contributed by atoms with Crippen LogP contribution in [0.25, 0.3) is 0 Å². The van der Waals surface area contributed by atoms with Crippen LogP contribution in [0.1, 0.15) is 45.3 Å². The van der Waals surface area contributed by atoms with Gasteiger partial charge < -0.3 is 14.5 Å². The van der Waals surface area contributed by atoms with Crippen LogP contribution < -0.4 is 5.32 Å². The van der Waals surface area contributed by atoms with Crippen molar-refractivity contribution in [2.45, 2.75) is 46.7 Å². The summed E-state index contributed by atoms with van der Waals surface area (Å²) >= 11 is 0. The van der Waals surface area contributed by atoms with Crippen molar-refractivity contribution in [1.29, 1.82) is 0 Å². The first-order valence-electron chi connectivity index (χ1n) is 6.44. The molecule has 2 unspecified atom stereocenters. The van der Waals surface area contributed by atoms with Gasteiger partial charge in [-0.15, -0.1) is 0 Å². The predicted octanol–water partition coefficient (Wildman–Crippen LogP) is 3.30. The Kier molecular flexibility index (Phi) is 5.72. The normalized spacial score (nSPS) is 15.2. The van der Waals surface area contributed by atoms with Crippen molar-refractivity contribution in [3.8, 4) is 0 Å². The summed E-state index contributed by atoms with van der Waals surface area (Å²) in [4.78, 5) is 0. The van der Waals surface area contributed by atoms with Crippen LogP contribution >= 0.6 is 0 Å². The monoisotopic (exact) mass is 239 g/mol. The van der Waals surface area contributed by atoms with E-state index in [2.05, 4.69) is 26.1 Å². The van der Waals surface area contributed by atoms with Crippen molar-refractivity contribution in [2.75, 3.05) is 13.2 Å². The van der Waals surface area contributed by atoms with Gasteiger partial charge in [0.05, 0.1) is 12.6 Å². The summed E-state index contributed by atoms with van der Waals surface area (Å²) in [6.45, 7) is 12.0. The van der Waals surface area contributed by atoms with Crippen molar-refractivity contribution in [2.24, 2.45) is 5.92 Å². The van der Waals surface area contributed by atoms with Crippen LogP contribution in [0, 0.1) is 12.8 Å². The van der Waals surface area contributed by atoms with Crippen LogP contribution in [0.4, 0.5) is 0 Å². The van der Waals surface area contributed by atoms with Crippen molar-refractivity contribution in [3.63, 3.8) is 0 Å². The molecular weight excluding hydrogens is 214 g/mol. The van der Waals surface area contributed by atoms with Crippen molar-refractivity contribution >= 4 is 0 Å². The zero-order chi connectivity index (χ0) is 12.8. The molecule has 2 atom stereocenters. The summed E-state index contributed by atoms with van der Waals surface area (Å²) in [5, 5.41) is 3.56. The molecule has 0 aromatic carbocycles. The first-order valence-corrected chi connectivity index (χ1v) is 6.44. The second-order valence-electron chi connectivity index (χ2n) is 4.85. The maximum Gasteiger partial charge on any atom is 0.120 e. The van der Waals surface area contributed by atoms with Crippen LogP contribution in [-0.4, -0.2) is 19.3 Å². The van der Waals surface area contributed by atoms with E-state index >= 15 is 0 Å². The second kappa shape index (κ2) is 6.82. The fraction of sp³-hybridized carbons (Fsp3) is 0.714. The Balaban J connectivity index is 2.54. The minimum Gasteiger partial charge on any atom is -0.465 e. The molecule has 0 spiro atoms. The van der Waals surface area contributed by atoms with Crippen molar-refractivity contribution in [1.82, 2.24) is 5.32 Å². The smallest absolute Gasteiger partial charge is 0.120 e. The molecule has 0 bridgehead atoms. The fourth-order valence-electron chi connectivity index (χ4n) is 1.77. The van der Waals surface area contributed by atoms with Crippen LogP contribution in [0.5, 0.6) is 0 Å². The molecule has 0 aliphatic carbocycles. The molecule has 0 aliphatic rings. The highest BCUT2D eigenvalue weighted by molar-refractivity contribution is 5.09. The lowest BCUT2D eigenvalue weighted by atomic mass is 10.0. The number of furan rings is 1. The maximum absolute atomic E-state index is 5.63. The average Bonchev–Trinajstić information content (AvgIpc) is 2.70. The van der Waals surface area contributed by atoms with Crippen LogP contribution in [0.15, 0.2) is 16.5 Å². The van der Waals surface area contributed by atoms with E-state index < -0.39 is 0 Å². The van der Waals surface area contributed by atoms with E-state index in [0.717, 1.165) is 24.7 Å². The molecule has 1 N–H and O–H groups in total. The van der Waals surface area contributed by atoms with Gasteiger partial charge in [0.2, 0.25) is 0 Å². The van der Waals surface area contributed by atoms with E-state index in [-0.39, 0.29) is 6.04 Å². The van der Waals surface area contributed by atoms with Gasteiger partial charge in [-0.25, -0.2) is 0 Å². The zero-order valence-corrected chi connectivity index (χ0v) is 11.6. The second-order valence-corrected chi connectivity index (χ2v) is 4.85. The van der Waals surface area contributed by atoms with Crippen LogP contribution in [-0.2, 0) is 4.74 Å². The molecule has 0 amide bonds. The quantitative estimate of drug-likeness (QED) is 0.792. The van der Waals surface area contributed by atoms with Crippen molar-refractivity contribution < 1.29 is 9.15 Å². The lowest BCUT2D eigenvalue weighted by Gasteiger charge is -2.25. The Morgan fingerprint density at radius 3 is 2.47 bits per heavy atom. The Morgan fingerprint density at radius 2 is 2.00 bits per heavy atom. The molecule has 0 aliphatic heterocycles. The molecule has 1 aromatic heterocycles.